The lowest BCUT2D eigenvalue weighted by Crippen LogP contribution is -2.40. The Morgan fingerprint density at radius 1 is 1.12 bits per heavy atom. The van der Waals surface area contributed by atoms with Crippen LogP contribution in [0.1, 0.15) is 51.5 Å². The number of carbonyl (C=O) groups is 1. The predicted octanol–water partition coefficient (Wildman–Crippen LogP) is 3.72. The van der Waals surface area contributed by atoms with Crippen molar-refractivity contribution in [3.63, 3.8) is 0 Å². The summed E-state index contributed by atoms with van der Waals surface area (Å²) in [7, 11) is 0. The fraction of sp³-hybridized carbons (Fsp3) is 0.667. The molecule has 1 aromatic carbocycles. The molecule has 0 saturated carbocycles. The zero-order valence-corrected chi connectivity index (χ0v) is 16.1. The summed E-state index contributed by atoms with van der Waals surface area (Å²) in [5.74, 6) is -0.786. The molecule has 1 aliphatic heterocycles. The minimum atomic E-state index is -0.786. The Morgan fingerprint density at radius 3 is 2.38 bits per heavy atom. The number of aliphatic carboxylic acids is 1. The summed E-state index contributed by atoms with van der Waals surface area (Å²) in [6.45, 7) is 7.07. The number of unbranched alkanes of at least 4 members (excludes halogenated alkanes) is 2. The van der Waals surface area contributed by atoms with E-state index >= 15 is 0 Å². The van der Waals surface area contributed by atoms with Gasteiger partial charge in [-0.25, -0.2) is 0 Å². The first kappa shape index (κ1) is 20.9. The van der Waals surface area contributed by atoms with E-state index in [1.54, 1.807) is 0 Å². The minimum Gasteiger partial charge on any atom is -0.481 e. The molecule has 146 valence electrons. The second-order valence-corrected chi connectivity index (χ2v) is 7.03. The molecule has 3 atom stereocenters. The zero-order chi connectivity index (χ0) is 18.8. The molecule has 0 radical (unpaired) electrons. The lowest BCUT2D eigenvalue weighted by Gasteiger charge is -2.27. The maximum Gasteiger partial charge on any atom is 0.305 e. The van der Waals surface area contributed by atoms with Gasteiger partial charge in [0.05, 0.1) is 12.5 Å². The fourth-order valence-corrected chi connectivity index (χ4v) is 3.46. The summed E-state index contributed by atoms with van der Waals surface area (Å²) in [6.07, 6.45) is 3.98. The lowest BCUT2D eigenvalue weighted by molar-refractivity contribution is -0.140. The Kier molecular flexibility index (Phi) is 9.09. The molecule has 0 amide bonds. The standard InChI is InChI=1S/C21H33NO4/c1-3-5-12-25-19-16-22(15-17-10-8-7-9-11-17)18(14-20(23)24)21(19)26-13-6-4-2/h7-11,18-19,21H,3-6,12-16H2,1-2H3,(H,23,24)/t18-,19-,21-/m1/s1. The van der Waals surface area contributed by atoms with E-state index in [1.807, 2.05) is 18.2 Å². The van der Waals surface area contributed by atoms with E-state index in [1.165, 1.54) is 5.56 Å². The van der Waals surface area contributed by atoms with Crippen molar-refractivity contribution < 1.29 is 19.4 Å². The van der Waals surface area contributed by atoms with E-state index in [4.69, 9.17) is 9.47 Å². The van der Waals surface area contributed by atoms with Crippen molar-refractivity contribution in [3.8, 4) is 0 Å². The summed E-state index contributed by atoms with van der Waals surface area (Å²) in [6, 6.07) is 10.0. The average molecular weight is 363 g/mol. The Labute approximate surface area is 157 Å². The second kappa shape index (κ2) is 11.3. The van der Waals surface area contributed by atoms with Crippen molar-refractivity contribution in [3.05, 3.63) is 35.9 Å². The third kappa shape index (κ3) is 6.38. The highest BCUT2D eigenvalue weighted by Crippen LogP contribution is 2.28. The van der Waals surface area contributed by atoms with Crippen LogP contribution in [-0.4, -0.2) is 54.0 Å². The molecule has 0 unspecified atom stereocenters. The predicted molar refractivity (Wildman–Crippen MR) is 102 cm³/mol. The average Bonchev–Trinajstić information content (AvgIpc) is 2.93. The van der Waals surface area contributed by atoms with Crippen LogP contribution in [0.15, 0.2) is 30.3 Å². The molecule has 1 aliphatic rings. The molecule has 0 bridgehead atoms. The number of carboxylic acid groups (broad SMARTS) is 1. The maximum absolute atomic E-state index is 11.5. The summed E-state index contributed by atoms with van der Waals surface area (Å²) in [4.78, 5) is 13.7. The van der Waals surface area contributed by atoms with Crippen LogP contribution >= 0.6 is 0 Å². The zero-order valence-electron chi connectivity index (χ0n) is 16.1. The number of ether oxygens (including phenoxy) is 2. The normalized spacial score (nSPS) is 23.4. The Hall–Kier alpha value is -1.43. The SMILES string of the molecule is CCCCO[C@@H]1[C@@H](CC(=O)O)N(Cc2ccccc2)C[C@H]1OCCCC. The molecule has 5 heteroatoms. The molecule has 1 fully saturated rings. The van der Waals surface area contributed by atoms with Crippen molar-refractivity contribution in [2.75, 3.05) is 19.8 Å². The highest BCUT2D eigenvalue weighted by molar-refractivity contribution is 5.67. The van der Waals surface area contributed by atoms with Gasteiger partial charge in [-0.1, -0.05) is 57.0 Å². The van der Waals surface area contributed by atoms with Crippen molar-refractivity contribution >= 4 is 5.97 Å². The van der Waals surface area contributed by atoms with Gasteiger partial charge in [0.2, 0.25) is 0 Å². The van der Waals surface area contributed by atoms with Crippen LogP contribution in [0.25, 0.3) is 0 Å². The molecular formula is C21H33NO4. The molecule has 26 heavy (non-hydrogen) atoms. The van der Waals surface area contributed by atoms with Gasteiger partial charge in [-0.2, -0.15) is 0 Å². The molecule has 1 heterocycles. The first-order chi connectivity index (χ1) is 12.7. The molecule has 2 rings (SSSR count). The van der Waals surface area contributed by atoms with Crippen molar-refractivity contribution in [2.45, 2.75) is 70.7 Å². The van der Waals surface area contributed by atoms with Gasteiger partial charge in [-0.05, 0) is 18.4 Å². The van der Waals surface area contributed by atoms with Gasteiger partial charge in [-0.15, -0.1) is 0 Å². The number of likely N-dealkylation sites (tertiary alicyclic amines) is 1. The number of hydrogen-bond donors (Lipinski definition) is 1. The van der Waals surface area contributed by atoms with E-state index in [0.29, 0.717) is 19.8 Å². The quantitative estimate of drug-likeness (QED) is 0.574. The van der Waals surface area contributed by atoms with Crippen LogP contribution in [0.4, 0.5) is 0 Å². The van der Waals surface area contributed by atoms with E-state index < -0.39 is 5.97 Å². The molecule has 0 spiro atoms. The minimum absolute atomic E-state index is 0.0635. The van der Waals surface area contributed by atoms with E-state index in [2.05, 4.69) is 30.9 Å². The largest absolute Gasteiger partial charge is 0.481 e. The van der Waals surface area contributed by atoms with Gasteiger partial charge >= 0.3 is 5.97 Å². The molecule has 1 saturated heterocycles. The lowest BCUT2D eigenvalue weighted by atomic mass is 10.1. The summed E-state index contributed by atoms with van der Waals surface area (Å²) in [5, 5.41) is 9.42. The Balaban J connectivity index is 2.11. The fourth-order valence-electron chi connectivity index (χ4n) is 3.46. The topological polar surface area (TPSA) is 59.0 Å². The van der Waals surface area contributed by atoms with Crippen LogP contribution in [0.5, 0.6) is 0 Å². The number of carboxylic acids is 1. The van der Waals surface area contributed by atoms with Gasteiger partial charge in [0, 0.05) is 32.3 Å². The number of rotatable bonds is 12. The van der Waals surface area contributed by atoms with E-state index in [9.17, 15) is 9.90 Å². The van der Waals surface area contributed by atoms with Gasteiger partial charge in [0.1, 0.15) is 6.10 Å². The number of nitrogens with zero attached hydrogens (tertiary/aromatic N) is 1. The molecule has 1 aromatic rings. The van der Waals surface area contributed by atoms with Crippen LogP contribution in [0.3, 0.4) is 0 Å². The monoisotopic (exact) mass is 363 g/mol. The third-order valence-corrected chi connectivity index (χ3v) is 4.88. The Morgan fingerprint density at radius 2 is 1.77 bits per heavy atom. The molecule has 1 N–H and O–H groups in total. The van der Waals surface area contributed by atoms with Crippen LogP contribution in [-0.2, 0) is 20.8 Å². The highest BCUT2D eigenvalue weighted by atomic mass is 16.5. The van der Waals surface area contributed by atoms with Gasteiger partial charge < -0.3 is 14.6 Å². The van der Waals surface area contributed by atoms with Crippen LogP contribution < -0.4 is 0 Å². The van der Waals surface area contributed by atoms with E-state index in [0.717, 1.165) is 32.2 Å². The first-order valence-electron chi connectivity index (χ1n) is 9.88. The number of hydrogen-bond acceptors (Lipinski definition) is 4. The van der Waals surface area contributed by atoms with Gasteiger partial charge in [-0.3, -0.25) is 9.69 Å². The number of benzene rings is 1. The summed E-state index contributed by atoms with van der Waals surface area (Å²) < 4.78 is 12.2. The van der Waals surface area contributed by atoms with Crippen molar-refractivity contribution in [1.29, 1.82) is 0 Å². The van der Waals surface area contributed by atoms with E-state index in [-0.39, 0.29) is 24.7 Å². The van der Waals surface area contributed by atoms with Crippen molar-refractivity contribution in [2.24, 2.45) is 0 Å². The smallest absolute Gasteiger partial charge is 0.305 e. The maximum atomic E-state index is 11.5. The first-order valence-corrected chi connectivity index (χ1v) is 9.88. The molecular weight excluding hydrogens is 330 g/mol. The molecule has 0 aromatic heterocycles. The molecule has 5 nitrogen and oxygen atoms in total. The summed E-state index contributed by atoms with van der Waals surface area (Å²) >= 11 is 0. The van der Waals surface area contributed by atoms with Gasteiger partial charge in [0.25, 0.3) is 0 Å². The van der Waals surface area contributed by atoms with Crippen LogP contribution in [0.2, 0.25) is 0 Å². The molecule has 0 aliphatic carbocycles. The second-order valence-electron chi connectivity index (χ2n) is 7.03. The third-order valence-electron chi connectivity index (χ3n) is 4.88. The summed E-state index contributed by atoms with van der Waals surface area (Å²) in [5.41, 5.74) is 1.18. The van der Waals surface area contributed by atoms with Crippen molar-refractivity contribution in [1.82, 2.24) is 4.90 Å². The van der Waals surface area contributed by atoms with Crippen LogP contribution in [0, 0.1) is 0 Å². The highest BCUT2D eigenvalue weighted by Gasteiger charge is 2.44. The van der Waals surface area contributed by atoms with Gasteiger partial charge in [0.15, 0.2) is 0 Å². The Bertz CT molecular complexity index is 522.